The number of hydrogen-bond acceptors (Lipinski definition) is 6. The first-order chi connectivity index (χ1) is 15.1. The lowest BCUT2D eigenvalue weighted by Crippen LogP contribution is -2.51. The molecule has 0 saturated carbocycles. The molecule has 0 radical (unpaired) electrons. The fourth-order valence-corrected chi connectivity index (χ4v) is 4.23. The van der Waals surface area contributed by atoms with Crippen molar-refractivity contribution < 1.29 is 23.9 Å². The summed E-state index contributed by atoms with van der Waals surface area (Å²) in [5, 5.41) is 2.61. The van der Waals surface area contributed by atoms with Crippen LogP contribution in [-0.2, 0) is 27.2 Å². The Labute approximate surface area is 179 Å². The molecule has 3 aliphatic heterocycles. The molecule has 0 bridgehead atoms. The third kappa shape index (κ3) is 3.93. The number of anilines is 2. The average molecular weight is 421 g/mol. The average Bonchev–Trinajstić information content (AvgIpc) is 3.17. The first-order valence-corrected chi connectivity index (χ1v) is 10.5. The molecular formula is C23H23N3O5. The smallest absolute Gasteiger partial charge is 0.315 e. The molecule has 0 aromatic heterocycles. The second-order valence-corrected chi connectivity index (χ2v) is 7.95. The summed E-state index contributed by atoms with van der Waals surface area (Å²) < 4.78 is 10.8. The standard InChI is InChI=1S/C23H23N3O5/c27-21-13-16-3-4-17(14-20(16)31-21)24-22(28)23(29)26-9-7-25(8-10-26)18-5-6-19-15(12-18)2-1-11-30-19/h3-6,12,14H,1-2,7-11,13H2,(H,24,28). The van der Waals surface area contributed by atoms with Crippen LogP contribution in [0.15, 0.2) is 36.4 Å². The molecule has 1 N–H and O–H groups in total. The van der Waals surface area contributed by atoms with Gasteiger partial charge < -0.3 is 24.6 Å². The summed E-state index contributed by atoms with van der Waals surface area (Å²) in [6.45, 7) is 3.04. The number of fused-ring (bicyclic) bond motifs is 2. The second-order valence-electron chi connectivity index (χ2n) is 7.95. The van der Waals surface area contributed by atoms with Crippen LogP contribution in [0.5, 0.6) is 11.5 Å². The van der Waals surface area contributed by atoms with Crippen LogP contribution in [0.1, 0.15) is 17.5 Å². The molecule has 2 amide bonds. The highest BCUT2D eigenvalue weighted by molar-refractivity contribution is 6.39. The van der Waals surface area contributed by atoms with Gasteiger partial charge in [-0.1, -0.05) is 6.07 Å². The van der Waals surface area contributed by atoms with E-state index in [4.69, 9.17) is 9.47 Å². The Hall–Kier alpha value is -3.55. The van der Waals surface area contributed by atoms with E-state index in [1.807, 2.05) is 6.07 Å². The van der Waals surface area contributed by atoms with Gasteiger partial charge in [0.2, 0.25) is 0 Å². The number of nitrogens with zero attached hydrogens (tertiary/aromatic N) is 2. The number of aryl methyl sites for hydroxylation is 1. The van der Waals surface area contributed by atoms with E-state index in [0.29, 0.717) is 37.6 Å². The number of piperazine rings is 1. The maximum absolute atomic E-state index is 12.6. The van der Waals surface area contributed by atoms with E-state index < -0.39 is 11.8 Å². The van der Waals surface area contributed by atoms with Gasteiger partial charge in [0.15, 0.2) is 0 Å². The fourth-order valence-electron chi connectivity index (χ4n) is 4.23. The van der Waals surface area contributed by atoms with Crippen LogP contribution in [-0.4, -0.2) is 55.5 Å². The van der Waals surface area contributed by atoms with Crippen molar-refractivity contribution in [1.29, 1.82) is 0 Å². The number of nitrogens with one attached hydrogen (secondary N) is 1. The Morgan fingerprint density at radius 1 is 0.935 bits per heavy atom. The number of benzene rings is 2. The van der Waals surface area contributed by atoms with Crippen molar-refractivity contribution in [2.24, 2.45) is 0 Å². The molecule has 1 saturated heterocycles. The Morgan fingerprint density at radius 2 is 1.77 bits per heavy atom. The van der Waals surface area contributed by atoms with Gasteiger partial charge in [-0.2, -0.15) is 0 Å². The van der Waals surface area contributed by atoms with E-state index in [1.54, 1.807) is 23.1 Å². The van der Waals surface area contributed by atoms with Crippen molar-refractivity contribution in [3.63, 3.8) is 0 Å². The number of ether oxygens (including phenoxy) is 2. The molecular weight excluding hydrogens is 398 g/mol. The van der Waals surface area contributed by atoms with Crippen LogP contribution in [0.4, 0.5) is 11.4 Å². The molecule has 0 unspecified atom stereocenters. The largest absolute Gasteiger partial charge is 0.493 e. The van der Waals surface area contributed by atoms with E-state index >= 15 is 0 Å². The van der Waals surface area contributed by atoms with Crippen molar-refractivity contribution in [2.45, 2.75) is 19.3 Å². The Kier molecular flexibility index (Phi) is 4.97. The molecule has 8 nitrogen and oxygen atoms in total. The molecule has 0 atom stereocenters. The Morgan fingerprint density at radius 3 is 2.61 bits per heavy atom. The van der Waals surface area contributed by atoms with Crippen LogP contribution in [0.3, 0.4) is 0 Å². The van der Waals surface area contributed by atoms with Crippen molar-refractivity contribution in [1.82, 2.24) is 4.90 Å². The van der Waals surface area contributed by atoms with Crippen molar-refractivity contribution in [3.8, 4) is 11.5 Å². The van der Waals surface area contributed by atoms with E-state index in [-0.39, 0.29) is 12.4 Å². The lowest BCUT2D eigenvalue weighted by atomic mass is 10.0. The highest BCUT2D eigenvalue weighted by atomic mass is 16.5. The molecule has 5 rings (SSSR count). The molecule has 3 aliphatic rings. The predicted molar refractivity (Wildman–Crippen MR) is 113 cm³/mol. The lowest BCUT2D eigenvalue weighted by Gasteiger charge is -2.36. The zero-order chi connectivity index (χ0) is 21.4. The summed E-state index contributed by atoms with van der Waals surface area (Å²) in [5.74, 6) is -0.181. The first kappa shape index (κ1) is 19.4. The Balaban J connectivity index is 1.18. The molecule has 8 heteroatoms. The topological polar surface area (TPSA) is 88.2 Å². The molecule has 1 fully saturated rings. The maximum Gasteiger partial charge on any atom is 0.315 e. The molecule has 31 heavy (non-hydrogen) atoms. The van der Waals surface area contributed by atoms with Gasteiger partial charge in [-0.15, -0.1) is 0 Å². The lowest BCUT2D eigenvalue weighted by molar-refractivity contribution is -0.143. The fraction of sp³-hybridized carbons (Fsp3) is 0.348. The molecule has 0 aliphatic carbocycles. The number of carbonyl (C=O) groups excluding carboxylic acids is 3. The zero-order valence-corrected chi connectivity index (χ0v) is 17.1. The molecule has 160 valence electrons. The molecule has 2 aromatic rings. The summed E-state index contributed by atoms with van der Waals surface area (Å²) in [6, 6.07) is 11.2. The minimum Gasteiger partial charge on any atom is -0.493 e. The number of hydrogen-bond donors (Lipinski definition) is 1. The quantitative estimate of drug-likeness (QED) is 0.452. The third-order valence-corrected chi connectivity index (χ3v) is 5.90. The Bertz CT molecular complexity index is 1060. The van der Waals surface area contributed by atoms with Crippen molar-refractivity contribution in [3.05, 3.63) is 47.5 Å². The number of rotatable bonds is 2. The third-order valence-electron chi connectivity index (χ3n) is 5.90. The second kappa shape index (κ2) is 7.94. The van der Waals surface area contributed by atoms with Crippen LogP contribution in [0, 0.1) is 0 Å². The van der Waals surface area contributed by atoms with Gasteiger partial charge in [0, 0.05) is 49.2 Å². The zero-order valence-electron chi connectivity index (χ0n) is 17.1. The van der Waals surface area contributed by atoms with Gasteiger partial charge in [0.1, 0.15) is 11.5 Å². The van der Waals surface area contributed by atoms with Crippen molar-refractivity contribution in [2.75, 3.05) is 43.0 Å². The van der Waals surface area contributed by atoms with Gasteiger partial charge in [0.05, 0.1) is 13.0 Å². The summed E-state index contributed by atoms with van der Waals surface area (Å²) in [7, 11) is 0. The predicted octanol–water partition coefficient (Wildman–Crippen LogP) is 1.76. The summed E-state index contributed by atoms with van der Waals surface area (Å²) in [4.78, 5) is 40.2. The summed E-state index contributed by atoms with van der Waals surface area (Å²) >= 11 is 0. The number of esters is 1. The minimum atomic E-state index is -0.691. The highest BCUT2D eigenvalue weighted by Crippen LogP contribution is 2.30. The number of amides is 2. The minimum absolute atomic E-state index is 0.226. The van der Waals surface area contributed by atoms with Gasteiger partial charge in [-0.05, 0) is 42.7 Å². The van der Waals surface area contributed by atoms with Crippen LogP contribution >= 0.6 is 0 Å². The molecule has 2 aromatic carbocycles. The van der Waals surface area contributed by atoms with Gasteiger partial charge in [-0.3, -0.25) is 14.4 Å². The van der Waals surface area contributed by atoms with Crippen LogP contribution in [0.2, 0.25) is 0 Å². The SMILES string of the molecule is O=C1Cc2ccc(NC(=O)C(=O)N3CCN(c4ccc5c(c4)CCCO5)CC3)cc2O1. The summed E-state index contributed by atoms with van der Waals surface area (Å²) in [6.07, 6.45) is 2.27. The van der Waals surface area contributed by atoms with E-state index in [2.05, 4.69) is 22.3 Å². The van der Waals surface area contributed by atoms with E-state index in [9.17, 15) is 14.4 Å². The monoisotopic (exact) mass is 421 g/mol. The van der Waals surface area contributed by atoms with E-state index in [0.717, 1.165) is 36.4 Å². The van der Waals surface area contributed by atoms with E-state index in [1.165, 1.54) is 5.56 Å². The number of carbonyl (C=O) groups is 3. The maximum atomic E-state index is 12.6. The van der Waals surface area contributed by atoms with Crippen LogP contribution < -0.4 is 19.7 Å². The van der Waals surface area contributed by atoms with Gasteiger partial charge in [-0.25, -0.2) is 0 Å². The molecule has 3 heterocycles. The van der Waals surface area contributed by atoms with Gasteiger partial charge >= 0.3 is 17.8 Å². The highest BCUT2D eigenvalue weighted by Gasteiger charge is 2.27. The van der Waals surface area contributed by atoms with Crippen molar-refractivity contribution >= 4 is 29.2 Å². The first-order valence-electron chi connectivity index (χ1n) is 10.5. The normalized spacial score (nSPS) is 17.4. The van der Waals surface area contributed by atoms with Crippen LogP contribution in [0.25, 0.3) is 0 Å². The molecule has 0 spiro atoms. The van der Waals surface area contributed by atoms with Gasteiger partial charge in [0.25, 0.3) is 0 Å². The summed E-state index contributed by atoms with van der Waals surface area (Å²) in [5.41, 5.74) is 3.55.